The zero-order valence-corrected chi connectivity index (χ0v) is 19.4. The average Bonchev–Trinajstić information content (AvgIpc) is 3.33. The van der Waals surface area contributed by atoms with Crippen LogP contribution in [0.3, 0.4) is 0 Å². The van der Waals surface area contributed by atoms with Crippen LogP contribution in [-0.4, -0.2) is 44.9 Å². The van der Waals surface area contributed by atoms with Crippen molar-refractivity contribution in [2.75, 3.05) is 18.4 Å². The van der Waals surface area contributed by atoms with Crippen molar-refractivity contribution >= 4 is 23.2 Å². The van der Waals surface area contributed by atoms with Gasteiger partial charge in [0.15, 0.2) is 0 Å². The first-order chi connectivity index (χ1) is 16.0. The number of anilines is 1. The highest BCUT2D eigenvalue weighted by Crippen LogP contribution is 2.55. The molecule has 1 aliphatic carbocycles. The Labute approximate surface area is 197 Å². The van der Waals surface area contributed by atoms with Gasteiger partial charge in [0.25, 0.3) is 5.91 Å². The fourth-order valence-corrected chi connectivity index (χ4v) is 5.13. The molecular weight excluding hydrogens is 441 g/mol. The van der Waals surface area contributed by atoms with E-state index in [1.807, 2.05) is 23.1 Å². The van der Waals surface area contributed by atoms with Gasteiger partial charge in [0.1, 0.15) is 5.82 Å². The number of nitrogens with zero attached hydrogens (tertiary/aromatic N) is 4. The van der Waals surface area contributed by atoms with Crippen LogP contribution >= 0.6 is 11.6 Å². The molecule has 6 nitrogen and oxygen atoms in total. The summed E-state index contributed by atoms with van der Waals surface area (Å²) in [5.41, 5.74) is 3.30. The molecule has 3 aromatic rings. The molecule has 2 heterocycles. The highest BCUT2D eigenvalue weighted by molar-refractivity contribution is 6.30. The van der Waals surface area contributed by atoms with Gasteiger partial charge in [0.2, 0.25) is 0 Å². The van der Waals surface area contributed by atoms with E-state index < -0.39 is 5.82 Å². The lowest BCUT2D eigenvalue weighted by Crippen LogP contribution is -2.50. The fourth-order valence-electron chi connectivity index (χ4n) is 4.94. The van der Waals surface area contributed by atoms with E-state index in [2.05, 4.69) is 22.4 Å². The monoisotopic (exact) mass is 467 g/mol. The van der Waals surface area contributed by atoms with Crippen LogP contribution in [0.1, 0.15) is 48.5 Å². The van der Waals surface area contributed by atoms with Gasteiger partial charge in [-0.25, -0.2) is 4.39 Å². The summed E-state index contributed by atoms with van der Waals surface area (Å²) in [6.07, 6.45) is 8.32. The number of benzene rings is 2. The molecule has 1 spiro atoms. The zero-order chi connectivity index (χ0) is 23.0. The molecule has 2 aromatic carbocycles. The highest BCUT2D eigenvalue weighted by Gasteiger charge is 2.49. The molecule has 1 saturated carbocycles. The lowest BCUT2D eigenvalue weighted by molar-refractivity contribution is 0.0545. The van der Waals surface area contributed by atoms with E-state index >= 15 is 0 Å². The SMILES string of the molecule is CCc1cc(Cl)ccc1NCC1CC2(CCN1C(=O)c1cc(F)ccc1-n1nccn1)CC2. The summed E-state index contributed by atoms with van der Waals surface area (Å²) < 4.78 is 14.2. The Morgan fingerprint density at radius 1 is 1.18 bits per heavy atom. The van der Waals surface area contributed by atoms with Gasteiger partial charge in [0.05, 0.1) is 23.6 Å². The van der Waals surface area contributed by atoms with E-state index in [-0.39, 0.29) is 17.5 Å². The summed E-state index contributed by atoms with van der Waals surface area (Å²) in [5, 5.41) is 12.6. The number of carbonyl (C=O) groups excluding carboxylic acids is 1. The van der Waals surface area contributed by atoms with Crippen molar-refractivity contribution < 1.29 is 9.18 Å². The Morgan fingerprint density at radius 2 is 1.97 bits per heavy atom. The first-order valence-electron chi connectivity index (χ1n) is 11.5. The molecule has 2 fully saturated rings. The minimum Gasteiger partial charge on any atom is -0.383 e. The van der Waals surface area contributed by atoms with E-state index in [0.717, 1.165) is 35.5 Å². The number of piperidine rings is 1. The Balaban J connectivity index is 1.42. The van der Waals surface area contributed by atoms with E-state index in [1.165, 1.54) is 29.8 Å². The van der Waals surface area contributed by atoms with Crippen molar-refractivity contribution in [1.82, 2.24) is 19.9 Å². The molecular formula is C25H27ClFN5O. The number of aryl methyl sites for hydroxylation is 1. The highest BCUT2D eigenvalue weighted by atomic mass is 35.5. The summed E-state index contributed by atoms with van der Waals surface area (Å²) in [6, 6.07) is 10.0. The number of rotatable bonds is 6. The molecule has 2 aliphatic rings. The molecule has 1 aliphatic heterocycles. The van der Waals surface area contributed by atoms with Gasteiger partial charge >= 0.3 is 0 Å². The van der Waals surface area contributed by atoms with Gasteiger partial charge in [0, 0.05) is 29.8 Å². The Morgan fingerprint density at radius 3 is 2.70 bits per heavy atom. The predicted octanol–water partition coefficient (Wildman–Crippen LogP) is 5.12. The zero-order valence-electron chi connectivity index (χ0n) is 18.6. The van der Waals surface area contributed by atoms with Gasteiger partial charge in [-0.3, -0.25) is 4.79 Å². The van der Waals surface area contributed by atoms with Crippen molar-refractivity contribution in [3.05, 3.63) is 70.8 Å². The Kier molecular flexibility index (Phi) is 5.83. The minimum atomic E-state index is -0.451. The van der Waals surface area contributed by atoms with Crippen molar-refractivity contribution in [1.29, 1.82) is 0 Å². The minimum absolute atomic E-state index is 0.0100. The lowest BCUT2D eigenvalue weighted by Gasteiger charge is -2.40. The third kappa shape index (κ3) is 4.47. The third-order valence-electron chi connectivity index (χ3n) is 7.01. The average molecular weight is 468 g/mol. The molecule has 8 heteroatoms. The molecule has 33 heavy (non-hydrogen) atoms. The maximum Gasteiger partial charge on any atom is 0.256 e. The van der Waals surface area contributed by atoms with Crippen LogP contribution in [-0.2, 0) is 6.42 Å². The molecule has 1 amide bonds. The number of halogens is 2. The number of likely N-dealkylation sites (tertiary alicyclic amines) is 1. The van der Waals surface area contributed by atoms with Gasteiger partial charge in [-0.1, -0.05) is 18.5 Å². The van der Waals surface area contributed by atoms with Crippen LogP contribution in [0, 0.1) is 11.2 Å². The second kappa shape index (κ2) is 8.78. The van der Waals surface area contributed by atoms with Gasteiger partial charge in [-0.2, -0.15) is 15.0 Å². The number of carbonyl (C=O) groups is 1. The lowest BCUT2D eigenvalue weighted by atomic mass is 9.87. The van der Waals surface area contributed by atoms with Crippen LogP contribution < -0.4 is 5.32 Å². The van der Waals surface area contributed by atoms with Gasteiger partial charge < -0.3 is 10.2 Å². The molecule has 1 aromatic heterocycles. The summed E-state index contributed by atoms with van der Waals surface area (Å²) in [6.45, 7) is 3.39. The molecule has 1 unspecified atom stereocenters. The molecule has 1 N–H and O–H groups in total. The summed E-state index contributed by atoms with van der Waals surface area (Å²) >= 11 is 6.17. The van der Waals surface area contributed by atoms with E-state index in [0.29, 0.717) is 24.2 Å². The quantitative estimate of drug-likeness (QED) is 0.546. The summed E-state index contributed by atoms with van der Waals surface area (Å²) in [7, 11) is 0. The van der Waals surface area contributed by atoms with Crippen molar-refractivity contribution in [3.8, 4) is 5.69 Å². The first-order valence-corrected chi connectivity index (χ1v) is 11.9. The third-order valence-corrected chi connectivity index (χ3v) is 7.25. The molecule has 172 valence electrons. The molecule has 1 atom stereocenters. The van der Waals surface area contributed by atoms with Crippen LogP contribution in [0.4, 0.5) is 10.1 Å². The van der Waals surface area contributed by atoms with Crippen molar-refractivity contribution in [2.45, 2.75) is 45.1 Å². The van der Waals surface area contributed by atoms with E-state index in [4.69, 9.17) is 11.6 Å². The number of hydrogen-bond donors (Lipinski definition) is 1. The topological polar surface area (TPSA) is 63.1 Å². The van der Waals surface area contributed by atoms with Crippen LogP contribution in [0.5, 0.6) is 0 Å². The molecule has 0 radical (unpaired) electrons. The second-order valence-electron chi connectivity index (χ2n) is 9.12. The Bertz CT molecular complexity index is 1160. The standard InChI is InChI=1S/C25H27ClFN5O/c1-2-17-13-18(26)3-5-22(17)28-16-20-15-25(7-8-25)9-12-31(20)24(33)21-14-19(27)4-6-23(21)32-29-10-11-30-32/h3-6,10-11,13-14,20,28H,2,7-9,12,15-16H2,1H3. The summed E-state index contributed by atoms with van der Waals surface area (Å²) in [4.78, 5) is 17.0. The first kappa shape index (κ1) is 21.9. The van der Waals surface area contributed by atoms with Crippen molar-refractivity contribution in [2.24, 2.45) is 5.41 Å². The number of amides is 1. The maximum atomic E-state index is 14.2. The largest absolute Gasteiger partial charge is 0.383 e. The van der Waals surface area contributed by atoms with Crippen molar-refractivity contribution in [3.63, 3.8) is 0 Å². The molecule has 1 saturated heterocycles. The van der Waals surface area contributed by atoms with E-state index in [1.54, 1.807) is 18.5 Å². The number of hydrogen-bond acceptors (Lipinski definition) is 4. The molecule has 0 bridgehead atoms. The fraction of sp³-hybridized carbons (Fsp3) is 0.400. The van der Waals surface area contributed by atoms with Crippen LogP contribution in [0.2, 0.25) is 5.02 Å². The Hall–Kier alpha value is -2.93. The second-order valence-corrected chi connectivity index (χ2v) is 9.56. The predicted molar refractivity (Wildman–Crippen MR) is 126 cm³/mol. The smallest absolute Gasteiger partial charge is 0.256 e. The van der Waals surface area contributed by atoms with Crippen LogP contribution in [0.15, 0.2) is 48.8 Å². The molecule has 5 rings (SSSR count). The summed E-state index contributed by atoms with van der Waals surface area (Å²) in [5.74, 6) is -0.635. The number of nitrogens with one attached hydrogen (secondary N) is 1. The van der Waals surface area contributed by atoms with Crippen LogP contribution in [0.25, 0.3) is 5.69 Å². The van der Waals surface area contributed by atoms with Gasteiger partial charge in [-0.15, -0.1) is 0 Å². The normalized spacial score (nSPS) is 19.0. The van der Waals surface area contributed by atoms with E-state index in [9.17, 15) is 9.18 Å². The maximum absolute atomic E-state index is 14.2. The number of aromatic nitrogens is 3. The van der Waals surface area contributed by atoms with Gasteiger partial charge in [-0.05, 0) is 79.5 Å².